The van der Waals surface area contributed by atoms with Gasteiger partial charge in [-0.05, 0) is 12.8 Å². The van der Waals surface area contributed by atoms with E-state index in [0.29, 0.717) is 0 Å². The van der Waals surface area contributed by atoms with Gasteiger partial charge in [0.05, 0.1) is 6.20 Å². The molecule has 1 aromatic rings. The summed E-state index contributed by atoms with van der Waals surface area (Å²) in [6.07, 6.45) is 6.59. The lowest BCUT2D eigenvalue weighted by Crippen LogP contribution is -2.35. The number of H-pyrrole nitrogens is 1. The van der Waals surface area contributed by atoms with Crippen molar-refractivity contribution in [2.24, 2.45) is 5.73 Å². The Hall–Kier alpha value is -0.830. The van der Waals surface area contributed by atoms with Crippen LogP contribution in [0.3, 0.4) is 0 Å². The SMILES string of the molecule is CC(C)(C)c1[nH]ncc1C1(N)CCCC1. The normalized spacial score (nSPS) is 20.8. The molecule has 1 aliphatic carbocycles. The molecule has 0 aliphatic heterocycles. The summed E-state index contributed by atoms with van der Waals surface area (Å²) >= 11 is 0. The zero-order chi connectivity index (χ0) is 11.1. The van der Waals surface area contributed by atoms with Gasteiger partial charge < -0.3 is 5.73 Å². The van der Waals surface area contributed by atoms with Gasteiger partial charge in [0.2, 0.25) is 0 Å². The van der Waals surface area contributed by atoms with Gasteiger partial charge >= 0.3 is 0 Å². The van der Waals surface area contributed by atoms with E-state index in [0.717, 1.165) is 12.8 Å². The summed E-state index contributed by atoms with van der Waals surface area (Å²) in [7, 11) is 0. The zero-order valence-corrected chi connectivity index (χ0v) is 9.93. The first kappa shape index (κ1) is 10.7. The molecule has 1 fully saturated rings. The van der Waals surface area contributed by atoms with Crippen LogP contribution in [0.4, 0.5) is 0 Å². The molecule has 0 saturated heterocycles. The van der Waals surface area contributed by atoms with Crippen LogP contribution in [0, 0.1) is 0 Å². The minimum atomic E-state index is -0.129. The number of hydrogen-bond acceptors (Lipinski definition) is 2. The van der Waals surface area contributed by atoms with Gasteiger partial charge in [0.25, 0.3) is 0 Å². The van der Waals surface area contributed by atoms with E-state index < -0.39 is 0 Å². The molecule has 2 rings (SSSR count). The molecular weight excluding hydrogens is 186 g/mol. The van der Waals surface area contributed by atoms with Crippen LogP contribution in [-0.2, 0) is 11.0 Å². The van der Waals surface area contributed by atoms with Crippen molar-refractivity contribution >= 4 is 0 Å². The smallest absolute Gasteiger partial charge is 0.0541 e. The third-order valence-electron chi connectivity index (χ3n) is 3.42. The van der Waals surface area contributed by atoms with Gasteiger partial charge in [-0.3, -0.25) is 5.10 Å². The highest BCUT2D eigenvalue weighted by Crippen LogP contribution is 2.39. The molecule has 0 amide bonds. The fourth-order valence-electron chi connectivity index (χ4n) is 2.51. The fraction of sp³-hybridized carbons (Fsp3) is 0.750. The summed E-state index contributed by atoms with van der Waals surface area (Å²) in [4.78, 5) is 0. The molecule has 1 heterocycles. The van der Waals surface area contributed by atoms with Crippen LogP contribution in [-0.4, -0.2) is 10.2 Å². The van der Waals surface area contributed by atoms with Gasteiger partial charge in [0.1, 0.15) is 0 Å². The van der Waals surface area contributed by atoms with Crippen molar-refractivity contribution in [1.82, 2.24) is 10.2 Å². The predicted octanol–water partition coefficient (Wildman–Crippen LogP) is 2.44. The molecule has 0 aromatic carbocycles. The second-order valence-electron chi connectivity index (χ2n) is 5.77. The largest absolute Gasteiger partial charge is 0.321 e. The molecule has 0 radical (unpaired) electrons. The molecule has 0 unspecified atom stereocenters. The summed E-state index contributed by atoms with van der Waals surface area (Å²) in [6.45, 7) is 6.59. The van der Waals surface area contributed by atoms with Crippen molar-refractivity contribution in [1.29, 1.82) is 0 Å². The van der Waals surface area contributed by atoms with Crippen molar-refractivity contribution in [2.75, 3.05) is 0 Å². The maximum absolute atomic E-state index is 6.46. The average molecular weight is 207 g/mol. The van der Waals surface area contributed by atoms with Crippen LogP contribution in [0.2, 0.25) is 0 Å². The third-order valence-corrected chi connectivity index (χ3v) is 3.42. The number of rotatable bonds is 1. The number of nitrogens with zero attached hydrogens (tertiary/aromatic N) is 1. The number of nitrogens with one attached hydrogen (secondary N) is 1. The summed E-state index contributed by atoms with van der Waals surface area (Å²) in [5.41, 5.74) is 8.86. The molecule has 1 aromatic heterocycles. The Morgan fingerprint density at radius 3 is 2.47 bits per heavy atom. The number of aromatic amines is 1. The van der Waals surface area contributed by atoms with Gasteiger partial charge in [-0.25, -0.2) is 0 Å². The van der Waals surface area contributed by atoms with Gasteiger partial charge in [-0.2, -0.15) is 5.10 Å². The van der Waals surface area contributed by atoms with Crippen LogP contribution >= 0.6 is 0 Å². The average Bonchev–Trinajstić information content (AvgIpc) is 2.69. The van der Waals surface area contributed by atoms with Gasteiger partial charge in [-0.15, -0.1) is 0 Å². The summed E-state index contributed by atoms with van der Waals surface area (Å²) in [6, 6.07) is 0. The minimum Gasteiger partial charge on any atom is -0.321 e. The van der Waals surface area contributed by atoms with Crippen LogP contribution in [0.15, 0.2) is 6.20 Å². The summed E-state index contributed by atoms with van der Waals surface area (Å²) in [5.74, 6) is 0. The zero-order valence-electron chi connectivity index (χ0n) is 9.93. The van der Waals surface area contributed by atoms with E-state index in [9.17, 15) is 0 Å². The highest BCUT2D eigenvalue weighted by atomic mass is 15.1. The second-order valence-corrected chi connectivity index (χ2v) is 5.77. The first-order valence-corrected chi connectivity index (χ1v) is 5.77. The first-order valence-electron chi connectivity index (χ1n) is 5.77. The minimum absolute atomic E-state index is 0.0980. The van der Waals surface area contributed by atoms with E-state index in [-0.39, 0.29) is 11.0 Å². The molecule has 15 heavy (non-hydrogen) atoms. The molecule has 3 nitrogen and oxygen atoms in total. The number of hydrogen-bond donors (Lipinski definition) is 2. The Labute approximate surface area is 91.4 Å². The van der Waals surface area contributed by atoms with E-state index >= 15 is 0 Å². The molecule has 84 valence electrons. The Bertz CT molecular complexity index is 340. The van der Waals surface area contributed by atoms with E-state index in [1.54, 1.807) is 0 Å². The molecule has 0 bridgehead atoms. The monoisotopic (exact) mass is 207 g/mol. The van der Waals surface area contributed by atoms with Gasteiger partial charge in [0.15, 0.2) is 0 Å². The molecule has 1 saturated carbocycles. The molecule has 3 N–H and O–H groups in total. The van der Waals surface area contributed by atoms with Crippen molar-refractivity contribution in [3.63, 3.8) is 0 Å². The second kappa shape index (κ2) is 3.34. The maximum atomic E-state index is 6.46. The Morgan fingerprint density at radius 2 is 1.93 bits per heavy atom. The third kappa shape index (κ3) is 1.81. The molecule has 1 aliphatic rings. The molecule has 3 heteroatoms. The lowest BCUT2D eigenvalue weighted by molar-refractivity contribution is 0.441. The van der Waals surface area contributed by atoms with Crippen molar-refractivity contribution in [2.45, 2.75) is 57.4 Å². The van der Waals surface area contributed by atoms with Crippen molar-refractivity contribution in [3.05, 3.63) is 17.5 Å². The Kier molecular flexibility index (Phi) is 2.38. The topological polar surface area (TPSA) is 54.7 Å². The maximum Gasteiger partial charge on any atom is 0.0541 e. The lowest BCUT2D eigenvalue weighted by atomic mass is 9.81. The predicted molar refractivity (Wildman–Crippen MR) is 61.6 cm³/mol. The van der Waals surface area contributed by atoms with Crippen molar-refractivity contribution < 1.29 is 0 Å². The summed E-state index contributed by atoms with van der Waals surface area (Å²) < 4.78 is 0. The lowest BCUT2D eigenvalue weighted by Gasteiger charge is -2.28. The standard InChI is InChI=1S/C12H21N3/c1-11(2,3)10-9(8-14-15-10)12(13)6-4-5-7-12/h8H,4-7,13H2,1-3H3,(H,14,15). The van der Waals surface area contributed by atoms with Crippen LogP contribution in [0.1, 0.15) is 57.7 Å². The van der Waals surface area contributed by atoms with Crippen LogP contribution < -0.4 is 5.73 Å². The Balaban J connectivity index is 2.40. The number of nitrogens with two attached hydrogens (primary N) is 1. The fourth-order valence-corrected chi connectivity index (χ4v) is 2.51. The number of aromatic nitrogens is 2. The van der Waals surface area contributed by atoms with E-state index in [2.05, 4.69) is 31.0 Å². The van der Waals surface area contributed by atoms with Crippen molar-refractivity contribution in [3.8, 4) is 0 Å². The molecule has 0 spiro atoms. The molecular formula is C12H21N3. The first-order chi connectivity index (χ1) is 6.93. The van der Waals surface area contributed by atoms with Gasteiger partial charge in [0, 0.05) is 22.2 Å². The summed E-state index contributed by atoms with van der Waals surface area (Å²) in [5, 5.41) is 7.29. The quantitative estimate of drug-likeness (QED) is 0.743. The van der Waals surface area contributed by atoms with E-state index in [1.807, 2.05) is 6.20 Å². The van der Waals surface area contributed by atoms with E-state index in [1.165, 1.54) is 24.1 Å². The van der Waals surface area contributed by atoms with Crippen LogP contribution in [0.25, 0.3) is 0 Å². The van der Waals surface area contributed by atoms with Crippen LogP contribution in [0.5, 0.6) is 0 Å². The molecule has 0 atom stereocenters. The highest BCUT2D eigenvalue weighted by molar-refractivity contribution is 5.31. The van der Waals surface area contributed by atoms with Gasteiger partial charge in [-0.1, -0.05) is 33.6 Å². The highest BCUT2D eigenvalue weighted by Gasteiger charge is 2.36. The van der Waals surface area contributed by atoms with E-state index in [4.69, 9.17) is 5.73 Å². The Morgan fingerprint density at radius 1 is 1.33 bits per heavy atom.